The van der Waals surface area contributed by atoms with Crippen molar-refractivity contribution in [3.63, 3.8) is 0 Å². The number of halogens is 3. The highest BCUT2D eigenvalue weighted by Crippen LogP contribution is 2.46. The summed E-state index contributed by atoms with van der Waals surface area (Å²) in [6, 6.07) is 5.56. The lowest BCUT2D eigenvalue weighted by molar-refractivity contribution is -0.137. The van der Waals surface area contributed by atoms with E-state index in [9.17, 15) is 13.2 Å². The average Bonchev–Trinajstić information content (AvgIpc) is 2.73. The third kappa shape index (κ3) is 2.31. The van der Waals surface area contributed by atoms with Crippen molar-refractivity contribution in [1.82, 2.24) is 0 Å². The van der Waals surface area contributed by atoms with E-state index in [0.29, 0.717) is 6.04 Å². The predicted molar refractivity (Wildman–Crippen MR) is 57.3 cm³/mol. The minimum absolute atomic E-state index is 0.267. The van der Waals surface area contributed by atoms with Gasteiger partial charge in [0.25, 0.3) is 0 Å². The summed E-state index contributed by atoms with van der Waals surface area (Å²) in [6.07, 6.45) is -3.19. The van der Waals surface area contributed by atoms with Crippen molar-refractivity contribution in [1.29, 1.82) is 0 Å². The van der Waals surface area contributed by atoms with Crippen LogP contribution in [-0.4, -0.2) is 6.04 Å². The fourth-order valence-electron chi connectivity index (χ4n) is 1.67. The van der Waals surface area contributed by atoms with Crippen LogP contribution in [0.4, 0.5) is 18.9 Å². The third-order valence-corrected chi connectivity index (χ3v) is 3.07. The molecule has 0 bridgehead atoms. The van der Waals surface area contributed by atoms with Gasteiger partial charge < -0.3 is 5.32 Å². The number of alkyl halides is 3. The Bertz CT molecular complexity index is 378. The Hall–Kier alpha value is -1.19. The van der Waals surface area contributed by atoms with E-state index in [1.807, 2.05) is 0 Å². The normalized spacial score (nSPS) is 22.9. The standard InChI is InChI=1S/C12H14F3N/c1-11(2)7-10(11)16-9-5-3-8(4-6-9)12(13,14)15/h3-6,10,16H,7H2,1-2H3. The first-order valence-corrected chi connectivity index (χ1v) is 5.23. The highest BCUT2D eigenvalue weighted by atomic mass is 19.4. The smallest absolute Gasteiger partial charge is 0.382 e. The van der Waals surface area contributed by atoms with Gasteiger partial charge in [0.2, 0.25) is 0 Å². The van der Waals surface area contributed by atoms with Gasteiger partial charge in [0.1, 0.15) is 0 Å². The second-order valence-corrected chi connectivity index (χ2v) is 4.96. The zero-order chi connectivity index (χ0) is 12.0. The van der Waals surface area contributed by atoms with Crippen LogP contribution in [0.15, 0.2) is 24.3 Å². The first-order chi connectivity index (χ1) is 7.29. The van der Waals surface area contributed by atoms with E-state index in [1.54, 1.807) is 0 Å². The Morgan fingerprint density at radius 2 is 1.69 bits per heavy atom. The van der Waals surface area contributed by atoms with E-state index >= 15 is 0 Å². The molecule has 1 saturated carbocycles. The van der Waals surface area contributed by atoms with E-state index in [1.165, 1.54) is 12.1 Å². The van der Waals surface area contributed by atoms with E-state index in [4.69, 9.17) is 0 Å². The highest BCUT2D eigenvalue weighted by molar-refractivity contribution is 5.47. The van der Waals surface area contributed by atoms with E-state index in [-0.39, 0.29) is 5.41 Å². The maximum atomic E-state index is 12.3. The predicted octanol–water partition coefficient (Wildman–Crippen LogP) is 3.92. The zero-order valence-electron chi connectivity index (χ0n) is 9.23. The molecule has 0 aromatic heterocycles. The summed E-state index contributed by atoms with van der Waals surface area (Å²) in [5, 5.41) is 3.22. The summed E-state index contributed by atoms with van der Waals surface area (Å²) in [6.45, 7) is 4.27. The summed E-state index contributed by atoms with van der Waals surface area (Å²) >= 11 is 0. The van der Waals surface area contributed by atoms with Crippen LogP contribution in [0.2, 0.25) is 0 Å². The van der Waals surface area contributed by atoms with Gasteiger partial charge in [-0.05, 0) is 36.1 Å². The summed E-state index contributed by atoms with van der Waals surface area (Å²) in [5.41, 5.74) is 0.416. The number of nitrogens with one attached hydrogen (secondary N) is 1. The molecule has 16 heavy (non-hydrogen) atoms. The molecule has 0 amide bonds. The van der Waals surface area contributed by atoms with Crippen molar-refractivity contribution in [3.05, 3.63) is 29.8 Å². The van der Waals surface area contributed by atoms with Crippen molar-refractivity contribution < 1.29 is 13.2 Å². The quantitative estimate of drug-likeness (QED) is 0.810. The maximum absolute atomic E-state index is 12.3. The first-order valence-electron chi connectivity index (χ1n) is 5.23. The number of anilines is 1. The van der Waals surface area contributed by atoms with Gasteiger partial charge in [-0.25, -0.2) is 0 Å². The van der Waals surface area contributed by atoms with Crippen LogP contribution in [0, 0.1) is 5.41 Å². The van der Waals surface area contributed by atoms with Crippen LogP contribution in [0.5, 0.6) is 0 Å². The molecule has 1 aromatic rings. The molecule has 0 spiro atoms. The van der Waals surface area contributed by atoms with Crippen LogP contribution in [0.25, 0.3) is 0 Å². The van der Waals surface area contributed by atoms with Crippen LogP contribution in [0.1, 0.15) is 25.8 Å². The first kappa shape index (κ1) is 11.3. The number of rotatable bonds is 2. The number of hydrogen-bond donors (Lipinski definition) is 1. The molecule has 0 heterocycles. The van der Waals surface area contributed by atoms with Gasteiger partial charge in [-0.1, -0.05) is 13.8 Å². The fourth-order valence-corrected chi connectivity index (χ4v) is 1.67. The Balaban J connectivity index is 2.03. The van der Waals surface area contributed by atoms with E-state index < -0.39 is 11.7 Å². The second-order valence-electron chi connectivity index (χ2n) is 4.96. The highest BCUT2D eigenvalue weighted by Gasteiger charge is 2.45. The molecular weight excluding hydrogens is 215 g/mol. The van der Waals surface area contributed by atoms with Gasteiger partial charge >= 0.3 is 6.18 Å². The van der Waals surface area contributed by atoms with Crippen molar-refractivity contribution in [2.24, 2.45) is 5.41 Å². The minimum Gasteiger partial charge on any atom is -0.382 e. The largest absolute Gasteiger partial charge is 0.416 e. The van der Waals surface area contributed by atoms with Crippen LogP contribution in [0.3, 0.4) is 0 Å². The summed E-state index contributed by atoms with van der Waals surface area (Å²) in [5.74, 6) is 0. The number of benzene rings is 1. The van der Waals surface area contributed by atoms with Gasteiger partial charge in [0, 0.05) is 11.7 Å². The minimum atomic E-state index is -4.25. The Morgan fingerprint density at radius 3 is 2.06 bits per heavy atom. The van der Waals surface area contributed by atoms with E-state index in [2.05, 4.69) is 19.2 Å². The molecule has 0 aliphatic heterocycles. The lowest BCUT2D eigenvalue weighted by Gasteiger charge is -2.10. The lowest BCUT2D eigenvalue weighted by atomic mass is 10.1. The Morgan fingerprint density at radius 1 is 1.19 bits per heavy atom. The molecule has 88 valence electrons. The molecule has 1 nitrogen and oxygen atoms in total. The SMILES string of the molecule is CC1(C)CC1Nc1ccc(C(F)(F)F)cc1. The third-order valence-electron chi connectivity index (χ3n) is 3.07. The molecule has 1 atom stereocenters. The molecule has 1 fully saturated rings. The molecular formula is C12H14F3N. The molecule has 2 rings (SSSR count). The average molecular weight is 229 g/mol. The van der Waals surface area contributed by atoms with E-state index in [0.717, 1.165) is 24.2 Å². The monoisotopic (exact) mass is 229 g/mol. The molecule has 1 N–H and O–H groups in total. The summed E-state index contributed by atoms with van der Waals surface area (Å²) in [4.78, 5) is 0. The van der Waals surface area contributed by atoms with Gasteiger partial charge in [-0.3, -0.25) is 0 Å². The Kier molecular flexibility index (Phi) is 2.40. The maximum Gasteiger partial charge on any atom is 0.416 e. The van der Waals surface area contributed by atoms with Crippen molar-refractivity contribution in [3.8, 4) is 0 Å². The van der Waals surface area contributed by atoms with Crippen molar-refractivity contribution in [2.45, 2.75) is 32.5 Å². The second kappa shape index (κ2) is 3.40. The van der Waals surface area contributed by atoms with Gasteiger partial charge in [0.05, 0.1) is 5.56 Å². The zero-order valence-corrected chi connectivity index (χ0v) is 9.23. The van der Waals surface area contributed by atoms with Crippen LogP contribution in [-0.2, 0) is 6.18 Å². The number of hydrogen-bond acceptors (Lipinski definition) is 1. The molecule has 0 saturated heterocycles. The van der Waals surface area contributed by atoms with Gasteiger partial charge in [-0.15, -0.1) is 0 Å². The topological polar surface area (TPSA) is 12.0 Å². The molecule has 1 aliphatic rings. The van der Waals surface area contributed by atoms with Crippen molar-refractivity contribution in [2.75, 3.05) is 5.32 Å². The van der Waals surface area contributed by atoms with Crippen LogP contribution < -0.4 is 5.32 Å². The molecule has 1 aromatic carbocycles. The molecule has 4 heteroatoms. The summed E-state index contributed by atoms with van der Waals surface area (Å²) < 4.78 is 36.9. The fraction of sp³-hybridized carbons (Fsp3) is 0.500. The van der Waals surface area contributed by atoms with Crippen LogP contribution >= 0.6 is 0 Å². The molecule has 1 unspecified atom stereocenters. The molecule has 1 aliphatic carbocycles. The molecule has 0 radical (unpaired) electrons. The van der Waals surface area contributed by atoms with Crippen molar-refractivity contribution >= 4 is 5.69 Å². The van der Waals surface area contributed by atoms with Gasteiger partial charge in [-0.2, -0.15) is 13.2 Å². The van der Waals surface area contributed by atoms with Gasteiger partial charge in [0.15, 0.2) is 0 Å². The Labute approximate surface area is 92.7 Å². The lowest BCUT2D eigenvalue weighted by Crippen LogP contribution is -2.09. The summed E-state index contributed by atoms with van der Waals surface area (Å²) in [7, 11) is 0.